The van der Waals surface area contributed by atoms with Crippen LogP contribution in [0.2, 0.25) is 5.02 Å². The lowest BCUT2D eigenvalue weighted by atomic mass is 10.0. The van der Waals surface area contributed by atoms with Crippen LogP contribution in [0, 0.1) is 0 Å². The predicted octanol–water partition coefficient (Wildman–Crippen LogP) is 3.53. The molecule has 0 radical (unpaired) electrons. The first-order chi connectivity index (χ1) is 12.9. The van der Waals surface area contributed by atoms with Crippen LogP contribution in [-0.4, -0.2) is 34.8 Å². The number of hydrogen-bond acceptors (Lipinski definition) is 2. The van der Waals surface area contributed by atoms with E-state index in [4.69, 9.17) is 11.6 Å². The lowest BCUT2D eigenvalue weighted by molar-refractivity contribution is -0.135. The number of likely N-dealkylation sites (N-methyl/N-ethyl adjacent to an activating group) is 1. The zero-order chi connectivity index (χ0) is 19.4. The first-order valence-electron chi connectivity index (χ1n) is 8.75. The number of rotatable bonds is 6. The third-order valence-corrected chi connectivity index (χ3v) is 4.74. The number of H-pyrrole nitrogens is 1. The molecule has 6 heteroatoms. The molecule has 1 heterocycles. The van der Waals surface area contributed by atoms with Gasteiger partial charge in [-0.15, -0.1) is 0 Å². The number of benzene rings is 2. The normalized spacial score (nSPS) is 12.0. The van der Waals surface area contributed by atoms with Gasteiger partial charge in [0, 0.05) is 49.1 Å². The Bertz CT molecular complexity index is 949. The smallest absolute Gasteiger partial charge is 0.245 e. The van der Waals surface area contributed by atoms with Crippen molar-refractivity contribution in [2.24, 2.45) is 0 Å². The number of para-hydroxylation sites is 1. The fraction of sp³-hybridized carbons (Fsp3) is 0.238. The van der Waals surface area contributed by atoms with Crippen molar-refractivity contribution in [1.29, 1.82) is 0 Å². The number of carbonyl (C=O) groups is 2. The second-order valence-corrected chi connectivity index (χ2v) is 7.07. The van der Waals surface area contributed by atoms with Crippen molar-refractivity contribution in [2.75, 3.05) is 7.05 Å². The molecular weight excluding hydrogens is 362 g/mol. The minimum absolute atomic E-state index is 0.134. The minimum atomic E-state index is -0.626. The molecule has 0 aliphatic carbocycles. The molecule has 1 unspecified atom stereocenters. The quantitative estimate of drug-likeness (QED) is 0.683. The molecule has 140 valence electrons. The standard InChI is InChI=1S/C21H22ClN3O2/c1-14(26)24-20(11-16-12-23-19-6-4-3-5-18(16)19)21(27)25(2)13-15-7-9-17(22)10-8-15/h3-10,12,20,23H,11,13H2,1-2H3,(H,24,26). The Kier molecular flexibility index (Phi) is 5.81. The van der Waals surface area contributed by atoms with E-state index in [0.29, 0.717) is 18.0 Å². The number of nitrogens with zero attached hydrogens (tertiary/aromatic N) is 1. The molecule has 27 heavy (non-hydrogen) atoms. The Balaban J connectivity index is 1.77. The molecule has 3 rings (SSSR count). The fourth-order valence-electron chi connectivity index (χ4n) is 3.17. The van der Waals surface area contributed by atoms with Gasteiger partial charge in [-0.1, -0.05) is 41.9 Å². The van der Waals surface area contributed by atoms with Crippen molar-refractivity contribution in [3.63, 3.8) is 0 Å². The highest BCUT2D eigenvalue weighted by atomic mass is 35.5. The van der Waals surface area contributed by atoms with E-state index in [0.717, 1.165) is 22.0 Å². The van der Waals surface area contributed by atoms with Gasteiger partial charge in [-0.2, -0.15) is 0 Å². The summed E-state index contributed by atoms with van der Waals surface area (Å²) in [5.41, 5.74) is 2.98. The minimum Gasteiger partial charge on any atom is -0.361 e. The van der Waals surface area contributed by atoms with Crippen molar-refractivity contribution >= 4 is 34.3 Å². The molecule has 0 saturated heterocycles. The van der Waals surface area contributed by atoms with Crippen molar-refractivity contribution in [2.45, 2.75) is 25.9 Å². The monoisotopic (exact) mass is 383 g/mol. The summed E-state index contributed by atoms with van der Waals surface area (Å²) in [4.78, 5) is 29.5. The highest BCUT2D eigenvalue weighted by Crippen LogP contribution is 2.20. The maximum Gasteiger partial charge on any atom is 0.245 e. The molecule has 1 aromatic heterocycles. The Morgan fingerprint density at radius 3 is 2.56 bits per heavy atom. The summed E-state index contributed by atoms with van der Waals surface area (Å²) < 4.78 is 0. The molecule has 0 saturated carbocycles. The Labute approximate surface area is 163 Å². The van der Waals surface area contributed by atoms with Gasteiger partial charge in [-0.3, -0.25) is 9.59 Å². The second-order valence-electron chi connectivity index (χ2n) is 6.64. The number of halogens is 1. The van der Waals surface area contributed by atoms with Crippen LogP contribution in [0.25, 0.3) is 10.9 Å². The summed E-state index contributed by atoms with van der Waals surface area (Å²) >= 11 is 5.91. The van der Waals surface area contributed by atoms with E-state index in [1.54, 1.807) is 24.1 Å². The van der Waals surface area contributed by atoms with Gasteiger partial charge in [0.25, 0.3) is 0 Å². The topological polar surface area (TPSA) is 65.2 Å². The second kappa shape index (κ2) is 8.27. The van der Waals surface area contributed by atoms with E-state index in [1.807, 2.05) is 42.6 Å². The molecule has 2 amide bonds. The lowest BCUT2D eigenvalue weighted by Crippen LogP contribution is -2.47. The first-order valence-corrected chi connectivity index (χ1v) is 9.13. The number of hydrogen-bond donors (Lipinski definition) is 2. The van der Waals surface area contributed by atoms with Crippen LogP contribution in [0.4, 0.5) is 0 Å². The van der Waals surface area contributed by atoms with Gasteiger partial charge < -0.3 is 15.2 Å². The summed E-state index contributed by atoms with van der Waals surface area (Å²) in [5.74, 6) is -0.362. The van der Waals surface area contributed by atoms with Crippen LogP contribution in [-0.2, 0) is 22.6 Å². The molecular formula is C21H22ClN3O2. The van der Waals surface area contributed by atoms with Gasteiger partial charge in [0.15, 0.2) is 0 Å². The van der Waals surface area contributed by atoms with E-state index >= 15 is 0 Å². The average Bonchev–Trinajstić information content (AvgIpc) is 3.05. The van der Waals surface area contributed by atoms with Gasteiger partial charge in [0.05, 0.1) is 0 Å². The number of nitrogens with one attached hydrogen (secondary N) is 2. The van der Waals surface area contributed by atoms with Crippen LogP contribution in [0.3, 0.4) is 0 Å². The van der Waals surface area contributed by atoms with Crippen molar-refractivity contribution < 1.29 is 9.59 Å². The van der Waals surface area contributed by atoms with Crippen molar-refractivity contribution in [1.82, 2.24) is 15.2 Å². The predicted molar refractivity (Wildman–Crippen MR) is 108 cm³/mol. The van der Waals surface area contributed by atoms with Gasteiger partial charge >= 0.3 is 0 Å². The van der Waals surface area contributed by atoms with Gasteiger partial charge in [0.1, 0.15) is 6.04 Å². The number of aromatic nitrogens is 1. The SMILES string of the molecule is CC(=O)NC(Cc1c[nH]c2ccccc12)C(=O)N(C)Cc1ccc(Cl)cc1. The summed E-state index contributed by atoms with van der Waals surface area (Å²) in [7, 11) is 1.74. The van der Waals surface area contributed by atoms with Crippen molar-refractivity contribution in [3.8, 4) is 0 Å². The molecule has 0 spiro atoms. The van der Waals surface area contributed by atoms with E-state index < -0.39 is 6.04 Å². The van der Waals surface area contributed by atoms with Crippen LogP contribution < -0.4 is 5.32 Å². The maximum atomic E-state index is 13.0. The van der Waals surface area contributed by atoms with E-state index in [2.05, 4.69) is 10.3 Å². The summed E-state index contributed by atoms with van der Waals surface area (Å²) in [5, 5.41) is 4.51. The van der Waals surface area contributed by atoms with Crippen LogP contribution in [0.15, 0.2) is 54.7 Å². The molecule has 0 aliphatic rings. The van der Waals surface area contributed by atoms with Crippen LogP contribution in [0.5, 0.6) is 0 Å². The number of carbonyl (C=O) groups excluding carboxylic acids is 2. The van der Waals surface area contributed by atoms with E-state index in [-0.39, 0.29) is 11.8 Å². The third-order valence-electron chi connectivity index (χ3n) is 4.48. The van der Waals surface area contributed by atoms with Crippen LogP contribution in [0.1, 0.15) is 18.1 Å². The molecule has 2 aromatic carbocycles. The van der Waals surface area contributed by atoms with Gasteiger partial charge in [0.2, 0.25) is 11.8 Å². The third kappa shape index (κ3) is 4.68. The Hall–Kier alpha value is -2.79. The highest BCUT2D eigenvalue weighted by Gasteiger charge is 2.24. The molecule has 0 fully saturated rings. The number of aromatic amines is 1. The summed E-state index contributed by atoms with van der Waals surface area (Å²) in [6.45, 7) is 1.87. The van der Waals surface area contributed by atoms with Gasteiger partial charge in [-0.25, -0.2) is 0 Å². The van der Waals surface area contributed by atoms with E-state index in [1.165, 1.54) is 6.92 Å². The molecule has 5 nitrogen and oxygen atoms in total. The zero-order valence-electron chi connectivity index (χ0n) is 15.3. The van der Waals surface area contributed by atoms with Gasteiger partial charge in [-0.05, 0) is 29.3 Å². The Morgan fingerprint density at radius 1 is 1.15 bits per heavy atom. The number of amides is 2. The molecule has 0 bridgehead atoms. The summed E-state index contributed by atoms with van der Waals surface area (Å²) in [6.07, 6.45) is 2.32. The fourth-order valence-corrected chi connectivity index (χ4v) is 3.30. The largest absolute Gasteiger partial charge is 0.361 e. The Morgan fingerprint density at radius 2 is 1.85 bits per heavy atom. The average molecular weight is 384 g/mol. The molecule has 3 aromatic rings. The molecule has 2 N–H and O–H groups in total. The zero-order valence-corrected chi connectivity index (χ0v) is 16.1. The number of fused-ring (bicyclic) bond motifs is 1. The first kappa shape index (κ1) is 19.0. The van der Waals surface area contributed by atoms with Crippen LogP contribution >= 0.6 is 11.6 Å². The molecule has 1 atom stereocenters. The maximum absolute atomic E-state index is 13.0. The lowest BCUT2D eigenvalue weighted by Gasteiger charge is -2.24. The molecule has 0 aliphatic heterocycles. The summed E-state index contributed by atoms with van der Waals surface area (Å²) in [6, 6.07) is 14.7. The van der Waals surface area contributed by atoms with E-state index in [9.17, 15) is 9.59 Å². The highest BCUT2D eigenvalue weighted by molar-refractivity contribution is 6.30. The van der Waals surface area contributed by atoms with Crippen molar-refractivity contribution in [3.05, 3.63) is 70.9 Å².